The molecule has 5 nitrogen and oxygen atoms in total. The second-order valence-electron chi connectivity index (χ2n) is 4.33. The van der Waals surface area contributed by atoms with E-state index in [1.54, 1.807) is 12.1 Å². The summed E-state index contributed by atoms with van der Waals surface area (Å²) in [5.41, 5.74) is 0.856. The van der Waals surface area contributed by atoms with E-state index in [9.17, 15) is 9.90 Å². The van der Waals surface area contributed by atoms with E-state index in [1.165, 1.54) is 6.07 Å². The number of aromatic carboxylic acids is 1. The first kappa shape index (κ1) is 12.7. The lowest BCUT2D eigenvalue weighted by Crippen LogP contribution is -1.95. The fourth-order valence-electron chi connectivity index (χ4n) is 2.03. The highest BCUT2D eigenvalue weighted by Gasteiger charge is 2.13. The normalized spacial score (nSPS) is 10.8. The summed E-state index contributed by atoms with van der Waals surface area (Å²) < 4.78 is 0.926. The molecule has 0 radical (unpaired) electrons. The number of hydrogen-bond acceptors (Lipinski definition) is 3. The Bertz CT molecular complexity index is 826. The first-order chi connectivity index (χ1) is 9.54. The molecule has 0 saturated heterocycles. The number of aromatic nitrogens is 2. The number of nitrogens with zero attached hydrogens (tertiary/aromatic N) is 1. The molecule has 2 aromatic carbocycles. The number of benzene rings is 2. The SMILES string of the molecule is O=C(O)c1cc(-c2cc3cc(Br)ccc3cc2O)n[nH]1. The minimum atomic E-state index is -1.09. The number of phenolic OH excluding ortho intramolecular Hbond substituents is 1. The topological polar surface area (TPSA) is 86.2 Å². The third-order valence-electron chi connectivity index (χ3n) is 3.00. The third-order valence-corrected chi connectivity index (χ3v) is 3.49. The molecule has 0 aliphatic heterocycles. The van der Waals surface area contributed by atoms with E-state index in [1.807, 2.05) is 18.2 Å². The van der Waals surface area contributed by atoms with Crippen molar-refractivity contribution in [3.8, 4) is 17.0 Å². The minimum Gasteiger partial charge on any atom is -0.507 e. The third kappa shape index (κ3) is 2.14. The Labute approximate surface area is 122 Å². The Kier molecular flexibility index (Phi) is 2.94. The van der Waals surface area contributed by atoms with Gasteiger partial charge in [0.25, 0.3) is 0 Å². The van der Waals surface area contributed by atoms with Gasteiger partial charge in [-0.05, 0) is 41.1 Å². The van der Waals surface area contributed by atoms with Gasteiger partial charge < -0.3 is 10.2 Å². The Morgan fingerprint density at radius 3 is 2.65 bits per heavy atom. The molecule has 1 heterocycles. The van der Waals surface area contributed by atoms with Crippen LogP contribution < -0.4 is 0 Å². The molecule has 0 unspecified atom stereocenters. The van der Waals surface area contributed by atoms with Gasteiger partial charge in [0.15, 0.2) is 0 Å². The second kappa shape index (κ2) is 4.64. The lowest BCUT2D eigenvalue weighted by Gasteiger charge is -2.05. The van der Waals surface area contributed by atoms with Gasteiger partial charge >= 0.3 is 5.97 Å². The van der Waals surface area contributed by atoms with Gasteiger partial charge in [0.2, 0.25) is 0 Å². The molecule has 3 aromatic rings. The molecule has 20 heavy (non-hydrogen) atoms. The number of aromatic amines is 1. The molecule has 0 fully saturated rings. The van der Waals surface area contributed by atoms with Crippen molar-refractivity contribution in [3.63, 3.8) is 0 Å². The zero-order valence-electron chi connectivity index (χ0n) is 10.1. The Hall–Kier alpha value is -2.34. The monoisotopic (exact) mass is 332 g/mol. The smallest absolute Gasteiger partial charge is 0.353 e. The molecule has 0 spiro atoms. The second-order valence-corrected chi connectivity index (χ2v) is 5.25. The summed E-state index contributed by atoms with van der Waals surface area (Å²) in [4.78, 5) is 10.8. The van der Waals surface area contributed by atoms with Crippen LogP contribution in [0.15, 0.2) is 40.9 Å². The molecule has 0 bridgehead atoms. The number of carboxylic acids is 1. The predicted molar refractivity (Wildman–Crippen MR) is 77.9 cm³/mol. The van der Waals surface area contributed by atoms with Crippen molar-refractivity contribution < 1.29 is 15.0 Å². The van der Waals surface area contributed by atoms with Gasteiger partial charge in [-0.3, -0.25) is 5.10 Å². The number of fused-ring (bicyclic) bond motifs is 1. The number of H-pyrrole nitrogens is 1. The summed E-state index contributed by atoms with van der Waals surface area (Å²) in [7, 11) is 0. The van der Waals surface area contributed by atoms with E-state index >= 15 is 0 Å². The molecule has 3 rings (SSSR count). The molecule has 0 amide bonds. The lowest BCUT2D eigenvalue weighted by molar-refractivity contribution is 0.0690. The summed E-state index contributed by atoms with van der Waals surface area (Å²) in [6, 6.07) is 10.5. The Morgan fingerprint density at radius 2 is 1.95 bits per heavy atom. The largest absolute Gasteiger partial charge is 0.507 e. The molecular formula is C14H9BrN2O3. The van der Waals surface area contributed by atoms with Crippen molar-refractivity contribution in [2.75, 3.05) is 0 Å². The van der Waals surface area contributed by atoms with Crippen molar-refractivity contribution in [1.82, 2.24) is 10.2 Å². The summed E-state index contributed by atoms with van der Waals surface area (Å²) in [5, 5.41) is 27.1. The zero-order valence-corrected chi connectivity index (χ0v) is 11.7. The number of carbonyl (C=O) groups is 1. The van der Waals surface area contributed by atoms with Gasteiger partial charge in [-0.15, -0.1) is 0 Å². The highest BCUT2D eigenvalue weighted by Crippen LogP contribution is 2.33. The standard InChI is InChI=1S/C14H9BrN2O3/c15-9-2-1-7-5-13(18)10(4-8(7)3-9)11-6-12(14(19)20)17-16-11/h1-6,18H,(H,16,17)(H,19,20). The van der Waals surface area contributed by atoms with Gasteiger partial charge in [-0.25, -0.2) is 4.79 Å². The van der Waals surface area contributed by atoms with Crippen LogP contribution in [-0.4, -0.2) is 26.4 Å². The van der Waals surface area contributed by atoms with Gasteiger partial charge in [0.05, 0.1) is 5.69 Å². The van der Waals surface area contributed by atoms with Crippen molar-refractivity contribution >= 4 is 32.7 Å². The van der Waals surface area contributed by atoms with Gasteiger partial charge in [-0.1, -0.05) is 22.0 Å². The van der Waals surface area contributed by atoms with E-state index in [2.05, 4.69) is 26.1 Å². The van der Waals surface area contributed by atoms with E-state index < -0.39 is 5.97 Å². The fourth-order valence-corrected chi connectivity index (χ4v) is 2.41. The van der Waals surface area contributed by atoms with Crippen molar-refractivity contribution in [2.45, 2.75) is 0 Å². The van der Waals surface area contributed by atoms with E-state index in [0.29, 0.717) is 11.3 Å². The average Bonchev–Trinajstić information content (AvgIpc) is 2.88. The van der Waals surface area contributed by atoms with Crippen LogP contribution in [0.25, 0.3) is 22.0 Å². The number of phenols is 1. The molecule has 0 saturated carbocycles. The molecule has 6 heteroatoms. The van der Waals surface area contributed by atoms with Gasteiger partial charge in [0, 0.05) is 10.0 Å². The molecule has 0 aliphatic carbocycles. The number of rotatable bonds is 2. The minimum absolute atomic E-state index is 0.0197. The summed E-state index contributed by atoms with van der Waals surface area (Å²) in [5.74, 6) is -1.03. The maximum Gasteiger partial charge on any atom is 0.353 e. The maximum absolute atomic E-state index is 10.8. The Morgan fingerprint density at radius 1 is 1.15 bits per heavy atom. The van der Waals surface area contributed by atoms with Crippen LogP contribution in [0.5, 0.6) is 5.75 Å². The van der Waals surface area contributed by atoms with E-state index in [0.717, 1.165) is 15.2 Å². The highest BCUT2D eigenvalue weighted by molar-refractivity contribution is 9.10. The molecule has 0 atom stereocenters. The van der Waals surface area contributed by atoms with Crippen LogP contribution in [0.1, 0.15) is 10.5 Å². The van der Waals surface area contributed by atoms with Crippen LogP contribution in [0.3, 0.4) is 0 Å². The van der Waals surface area contributed by atoms with E-state index in [-0.39, 0.29) is 11.4 Å². The predicted octanol–water partition coefficient (Wildman–Crippen LogP) is 3.40. The van der Waals surface area contributed by atoms with Crippen molar-refractivity contribution in [2.24, 2.45) is 0 Å². The number of hydrogen-bond donors (Lipinski definition) is 3. The van der Waals surface area contributed by atoms with Crippen LogP contribution in [0.4, 0.5) is 0 Å². The van der Waals surface area contributed by atoms with Crippen LogP contribution in [-0.2, 0) is 0 Å². The quantitative estimate of drug-likeness (QED) is 0.671. The molecule has 3 N–H and O–H groups in total. The molecule has 1 aromatic heterocycles. The van der Waals surface area contributed by atoms with Crippen LogP contribution in [0, 0.1) is 0 Å². The van der Waals surface area contributed by atoms with Crippen LogP contribution >= 0.6 is 15.9 Å². The van der Waals surface area contributed by atoms with Crippen LogP contribution in [0.2, 0.25) is 0 Å². The molecule has 100 valence electrons. The Balaban J connectivity index is 2.19. The van der Waals surface area contributed by atoms with Gasteiger partial charge in [-0.2, -0.15) is 5.10 Å². The number of aromatic hydroxyl groups is 1. The summed E-state index contributed by atoms with van der Waals surface area (Å²) >= 11 is 3.39. The maximum atomic E-state index is 10.8. The number of nitrogens with one attached hydrogen (secondary N) is 1. The number of carboxylic acid groups (broad SMARTS) is 1. The van der Waals surface area contributed by atoms with E-state index in [4.69, 9.17) is 5.11 Å². The molecule has 0 aliphatic rings. The average molecular weight is 333 g/mol. The molecular weight excluding hydrogens is 324 g/mol. The fraction of sp³-hybridized carbons (Fsp3) is 0. The summed E-state index contributed by atoms with van der Waals surface area (Å²) in [6.07, 6.45) is 0. The van der Waals surface area contributed by atoms with Crippen molar-refractivity contribution in [3.05, 3.63) is 46.6 Å². The number of halogens is 1. The zero-order chi connectivity index (χ0) is 14.3. The van der Waals surface area contributed by atoms with Gasteiger partial charge in [0.1, 0.15) is 11.4 Å². The van der Waals surface area contributed by atoms with Crippen molar-refractivity contribution in [1.29, 1.82) is 0 Å². The highest BCUT2D eigenvalue weighted by atomic mass is 79.9. The first-order valence-electron chi connectivity index (χ1n) is 5.76. The summed E-state index contributed by atoms with van der Waals surface area (Å²) in [6.45, 7) is 0. The first-order valence-corrected chi connectivity index (χ1v) is 6.55. The lowest BCUT2D eigenvalue weighted by atomic mass is 10.0.